The number of nitrogens with one attached hydrogen (secondary N) is 1. The standard InChI is InChI=1S/C10H18N2O4.C6H6.C5H12N2.C5H10O/c1-9(2,3)15-7(13)11-12-8(14)16-10(4,5)6;1-2-4-6-5-3-1;6-7-5-3-1-2-4-5;6-5-3-1-2-4-5/h1-6H3;1-6H;5,7H,1-4,6H2;5-6H,1-4H2. The number of carbonyl (C=O) groups is 2. The first-order valence-corrected chi connectivity index (χ1v) is 12.3. The van der Waals surface area contributed by atoms with Crippen LogP contribution >= 0.6 is 0 Å². The van der Waals surface area contributed by atoms with Gasteiger partial charge < -0.3 is 14.6 Å². The second-order valence-corrected chi connectivity index (χ2v) is 10.4. The Hall–Kier alpha value is -2.36. The van der Waals surface area contributed by atoms with Crippen LogP contribution in [0.2, 0.25) is 0 Å². The smallest absolute Gasteiger partial charge is 0.441 e. The van der Waals surface area contributed by atoms with Gasteiger partial charge in [-0.3, -0.25) is 11.3 Å². The summed E-state index contributed by atoms with van der Waals surface area (Å²) in [6.45, 7) is 10.1. The SMILES string of the molecule is CC(C)(C)OC(=O)N=NC(=O)OC(C)(C)C.NNC1CCCC1.OC1CCCC1.c1ccccc1. The van der Waals surface area contributed by atoms with E-state index < -0.39 is 23.4 Å². The molecule has 0 heterocycles. The van der Waals surface area contributed by atoms with E-state index in [1.807, 2.05) is 36.4 Å². The van der Waals surface area contributed by atoms with Crippen molar-refractivity contribution in [1.29, 1.82) is 0 Å². The molecule has 9 heteroatoms. The molecule has 0 aromatic heterocycles. The van der Waals surface area contributed by atoms with Gasteiger partial charge in [-0.15, -0.1) is 0 Å². The third-order valence-corrected chi connectivity index (χ3v) is 4.58. The first-order chi connectivity index (χ1) is 16.3. The van der Waals surface area contributed by atoms with Gasteiger partial charge in [0.05, 0.1) is 6.10 Å². The zero-order valence-corrected chi connectivity index (χ0v) is 22.3. The van der Waals surface area contributed by atoms with E-state index in [0.29, 0.717) is 6.04 Å². The van der Waals surface area contributed by atoms with E-state index in [2.05, 4.69) is 15.7 Å². The molecule has 2 amide bonds. The lowest BCUT2D eigenvalue weighted by atomic mass is 10.2. The monoisotopic (exact) mass is 494 g/mol. The van der Waals surface area contributed by atoms with E-state index in [1.54, 1.807) is 41.5 Å². The van der Waals surface area contributed by atoms with Crippen molar-refractivity contribution in [3.05, 3.63) is 36.4 Å². The average Bonchev–Trinajstić information content (AvgIpc) is 3.46. The summed E-state index contributed by atoms with van der Waals surface area (Å²) in [4.78, 5) is 22.1. The molecule has 0 atom stereocenters. The zero-order valence-electron chi connectivity index (χ0n) is 22.3. The van der Waals surface area contributed by atoms with Crippen LogP contribution in [0.3, 0.4) is 0 Å². The van der Waals surface area contributed by atoms with Crippen molar-refractivity contribution in [3.63, 3.8) is 0 Å². The van der Waals surface area contributed by atoms with Gasteiger partial charge in [0.2, 0.25) is 0 Å². The number of ether oxygens (including phenoxy) is 2. The van der Waals surface area contributed by atoms with Gasteiger partial charge in [-0.1, -0.05) is 72.3 Å². The fourth-order valence-electron chi connectivity index (χ4n) is 3.03. The Morgan fingerprint density at radius 1 is 0.743 bits per heavy atom. The fraction of sp³-hybridized carbons (Fsp3) is 0.692. The highest BCUT2D eigenvalue weighted by Crippen LogP contribution is 2.17. The largest absolute Gasteiger partial charge is 0.453 e. The van der Waals surface area contributed by atoms with Crippen molar-refractivity contribution >= 4 is 12.2 Å². The van der Waals surface area contributed by atoms with Crippen LogP contribution in [-0.4, -0.2) is 40.6 Å². The highest BCUT2D eigenvalue weighted by molar-refractivity contribution is 5.73. The van der Waals surface area contributed by atoms with Crippen LogP contribution in [0.5, 0.6) is 0 Å². The lowest BCUT2D eigenvalue weighted by Gasteiger charge is -2.17. The third kappa shape index (κ3) is 23.2. The number of aliphatic hydroxyl groups is 1. The molecule has 9 nitrogen and oxygen atoms in total. The van der Waals surface area contributed by atoms with Crippen molar-refractivity contribution in [2.75, 3.05) is 0 Å². The molecule has 3 rings (SSSR count). The van der Waals surface area contributed by atoms with E-state index >= 15 is 0 Å². The quantitative estimate of drug-likeness (QED) is 0.236. The Bertz CT molecular complexity index is 646. The molecule has 1 aromatic rings. The number of nitrogens with two attached hydrogens (primary N) is 1. The van der Waals surface area contributed by atoms with Crippen LogP contribution in [0.4, 0.5) is 9.59 Å². The summed E-state index contributed by atoms with van der Waals surface area (Å²) in [5.41, 5.74) is 1.44. The van der Waals surface area contributed by atoms with Crippen molar-refractivity contribution < 1.29 is 24.2 Å². The summed E-state index contributed by atoms with van der Waals surface area (Å²) >= 11 is 0. The molecular weight excluding hydrogens is 448 g/mol. The van der Waals surface area contributed by atoms with Gasteiger partial charge in [0.1, 0.15) is 11.2 Å². The van der Waals surface area contributed by atoms with E-state index in [0.717, 1.165) is 12.8 Å². The predicted octanol–water partition coefficient (Wildman–Crippen LogP) is 6.31. The van der Waals surface area contributed by atoms with E-state index in [9.17, 15) is 9.59 Å². The lowest BCUT2D eigenvalue weighted by molar-refractivity contribution is 0.0516. The maximum absolute atomic E-state index is 11.0. The van der Waals surface area contributed by atoms with Crippen LogP contribution in [0.1, 0.15) is 92.9 Å². The van der Waals surface area contributed by atoms with Crippen LogP contribution in [0, 0.1) is 0 Å². The first-order valence-electron chi connectivity index (χ1n) is 12.3. The molecule has 0 radical (unpaired) electrons. The highest BCUT2D eigenvalue weighted by Gasteiger charge is 2.18. The Morgan fingerprint density at radius 2 is 1.06 bits per heavy atom. The van der Waals surface area contributed by atoms with E-state index in [4.69, 9.17) is 20.4 Å². The average molecular weight is 495 g/mol. The van der Waals surface area contributed by atoms with Gasteiger partial charge >= 0.3 is 12.2 Å². The van der Waals surface area contributed by atoms with Crippen molar-refractivity contribution in [3.8, 4) is 0 Å². The van der Waals surface area contributed by atoms with Gasteiger partial charge in [0, 0.05) is 6.04 Å². The molecule has 2 saturated carbocycles. The molecule has 0 spiro atoms. The Kier molecular flexibility index (Phi) is 16.8. The molecule has 200 valence electrons. The molecule has 2 aliphatic carbocycles. The number of hydrogen-bond acceptors (Lipinski definition) is 7. The predicted molar refractivity (Wildman–Crippen MR) is 138 cm³/mol. The number of amides is 2. The second-order valence-electron chi connectivity index (χ2n) is 10.4. The Labute approximate surface area is 210 Å². The molecule has 1 aromatic carbocycles. The first kappa shape index (κ1) is 32.6. The van der Waals surface area contributed by atoms with Gasteiger partial charge in [0.25, 0.3) is 0 Å². The zero-order chi connectivity index (χ0) is 26.7. The summed E-state index contributed by atoms with van der Waals surface area (Å²) in [5.74, 6) is 5.18. The van der Waals surface area contributed by atoms with Crippen molar-refractivity contribution in [1.82, 2.24) is 5.43 Å². The highest BCUT2D eigenvalue weighted by atomic mass is 16.6. The van der Waals surface area contributed by atoms with Crippen LogP contribution < -0.4 is 11.3 Å². The maximum atomic E-state index is 11.0. The van der Waals surface area contributed by atoms with Crippen LogP contribution in [0.15, 0.2) is 46.6 Å². The summed E-state index contributed by atoms with van der Waals surface area (Å²) in [6.07, 6.45) is 8.03. The maximum Gasteiger partial charge on any atom is 0.453 e. The minimum Gasteiger partial charge on any atom is -0.441 e. The molecule has 0 saturated heterocycles. The van der Waals surface area contributed by atoms with Gasteiger partial charge in [-0.25, -0.2) is 9.59 Å². The molecule has 0 unspecified atom stereocenters. The van der Waals surface area contributed by atoms with Crippen LogP contribution in [-0.2, 0) is 9.47 Å². The van der Waals surface area contributed by atoms with Gasteiger partial charge in [0.15, 0.2) is 0 Å². The number of rotatable bonds is 1. The number of azo groups is 1. The summed E-state index contributed by atoms with van der Waals surface area (Å²) in [6, 6.07) is 12.6. The summed E-state index contributed by atoms with van der Waals surface area (Å²) in [7, 11) is 0. The molecule has 35 heavy (non-hydrogen) atoms. The van der Waals surface area contributed by atoms with Gasteiger partial charge in [-0.2, -0.15) is 0 Å². The van der Waals surface area contributed by atoms with Crippen LogP contribution in [0.25, 0.3) is 0 Å². The fourth-order valence-corrected chi connectivity index (χ4v) is 3.03. The molecule has 0 aliphatic heterocycles. The van der Waals surface area contributed by atoms with Gasteiger partial charge in [-0.05, 0) is 67.2 Å². The normalized spacial score (nSPS) is 16.2. The Morgan fingerprint density at radius 3 is 1.26 bits per heavy atom. The summed E-state index contributed by atoms with van der Waals surface area (Å²) in [5, 5.41) is 14.9. The van der Waals surface area contributed by atoms with E-state index in [1.165, 1.54) is 38.5 Å². The number of hydrogen-bond donors (Lipinski definition) is 3. The molecule has 2 aliphatic rings. The minimum atomic E-state index is -0.918. The topological polar surface area (TPSA) is 136 Å². The molecular formula is C26H46N4O5. The summed E-state index contributed by atoms with van der Waals surface area (Å²) < 4.78 is 9.62. The van der Waals surface area contributed by atoms with Crippen molar-refractivity contribution in [2.24, 2.45) is 16.1 Å². The number of nitrogens with zero attached hydrogens (tertiary/aromatic N) is 2. The number of benzene rings is 1. The lowest BCUT2D eigenvalue weighted by Crippen LogP contribution is -2.32. The van der Waals surface area contributed by atoms with E-state index in [-0.39, 0.29) is 6.10 Å². The molecule has 2 fully saturated rings. The minimum absolute atomic E-state index is 0.0463. The third-order valence-electron chi connectivity index (χ3n) is 4.58. The number of hydrazine groups is 1. The second kappa shape index (κ2) is 18.0. The number of carbonyl (C=O) groups excluding carboxylic acids is 2. The Balaban J connectivity index is 0.000000494. The van der Waals surface area contributed by atoms with Crippen molar-refractivity contribution in [2.45, 2.75) is 116 Å². The molecule has 4 N–H and O–H groups in total. The molecule has 0 bridgehead atoms. The number of aliphatic hydroxyl groups excluding tert-OH is 1.